The van der Waals surface area contributed by atoms with Gasteiger partial charge in [0.1, 0.15) is 6.29 Å². The molecule has 2 aromatic rings. The zero-order valence-electron chi connectivity index (χ0n) is 8.16. The molecule has 0 N–H and O–H groups in total. The SMILES string of the molecule is Cc1cc(CC=O)cc2ccccc12. The Morgan fingerprint density at radius 3 is 2.79 bits per heavy atom. The van der Waals surface area contributed by atoms with Crippen molar-refractivity contribution < 1.29 is 4.79 Å². The summed E-state index contributed by atoms with van der Waals surface area (Å²) in [4.78, 5) is 10.4. The maximum absolute atomic E-state index is 10.4. The molecule has 0 aliphatic carbocycles. The van der Waals surface area contributed by atoms with Gasteiger partial charge in [-0.15, -0.1) is 0 Å². The molecule has 0 aliphatic rings. The van der Waals surface area contributed by atoms with E-state index in [0.717, 1.165) is 11.8 Å². The Hall–Kier alpha value is -1.63. The molecule has 0 aliphatic heterocycles. The molecule has 0 unspecified atom stereocenters. The number of carbonyl (C=O) groups excluding carboxylic acids is 1. The van der Waals surface area contributed by atoms with Crippen molar-refractivity contribution in [2.45, 2.75) is 13.3 Å². The van der Waals surface area contributed by atoms with E-state index in [1.807, 2.05) is 12.1 Å². The molecule has 70 valence electrons. The van der Waals surface area contributed by atoms with Crippen LogP contribution in [0.5, 0.6) is 0 Å². The highest BCUT2D eigenvalue weighted by atomic mass is 16.1. The molecule has 0 saturated heterocycles. The van der Waals surface area contributed by atoms with Gasteiger partial charge in [0.25, 0.3) is 0 Å². The maximum atomic E-state index is 10.4. The summed E-state index contributed by atoms with van der Waals surface area (Å²) < 4.78 is 0. The molecular weight excluding hydrogens is 172 g/mol. The smallest absolute Gasteiger partial charge is 0.124 e. The van der Waals surface area contributed by atoms with E-state index in [1.54, 1.807) is 0 Å². The van der Waals surface area contributed by atoms with E-state index in [2.05, 4.69) is 31.2 Å². The molecule has 0 aromatic heterocycles. The zero-order chi connectivity index (χ0) is 9.97. The van der Waals surface area contributed by atoms with Crippen LogP contribution < -0.4 is 0 Å². The summed E-state index contributed by atoms with van der Waals surface area (Å²) in [5, 5.41) is 2.48. The van der Waals surface area contributed by atoms with Crippen LogP contribution in [0.4, 0.5) is 0 Å². The summed E-state index contributed by atoms with van der Waals surface area (Å²) in [5.41, 5.74) is 2.33. The first-order chi connectivity index (χ1) is 6.81. The van der Waals surface area contributed by atoms with E-state index in [0.29, 0.717) is 6.42 Å². The lowest BCUT2D eigenvalue weighted by molar-refractivity contribution is -0.107. The number of hydrogen-bond acceptors (Lipinski definition) is 1. The van der Waals surface area contributed by atoms with E-state index >= 15 is 0 Å². The van der Waals surface area contributed by atoms with Crippen molar-refractivity contribution >= 4 is 17.1 Å². The van der Waals surface area contributed by atoms with E-state index in [4.69, 9.17) is 0 Å². The third-order valence-corrected chi connectivity index (χ3v) is 2.45. The van der Waals surface area contributed by atoms with E-state index < -0.39 is 0 Å². The predicted octanol–water partition coefficient (Wildman–Crippen LogP) is 2.89. The molecule has 0 fully saturated rings. The van der Waals surface area contributed by atoms with Crippen LogP contribution >= 0.6 is 0 Å². The Morgan fingerprint density at radius 1 is 1.21 bits per heavy atom. The Balaban J connectivity index is 2.65. The van der Waals surface area contributed by atoms with Crippen LogP contribution in [-0.4, -0.2) is 6.29 Å². The number of aryl methyl sites for hydroxylation is 1. The van der Waals surface area contributed by atoms with Crippen molar-refractivity contribution in [3.05, 3.63) is 47.5 Å². The largest absolute Gasteiger partial charge is 0.303 e. The highest BCUT2D eigenvalue weighted by Gasteiger charge is 1.99. The van der Waals surface area contributed by atoms with Crippen molar-refractivity contribution in [1.29, 1.82) is 0 Å². The fourth-order valence-corrected chi connectivity index (χ4v) is 1.79. The molecule has 14 heavy (non-hydrogen) atoms. The highest BCUT2D eigenvalue weighted by Crippen LogP contribution is 2.20. The van der Waals surface area contributed by atoms with Crippen molar-refractivity contribution in [2.24, 2.45) is 0 Å². The van der Waals surface area contributed by atoms with Crippen molar-refractivity contribution in [3.8, 4) is 0 Å². The zero-order valence-corrected chi connectivity index (χ0v) is 8.16. The van der Waals surface area contributed by atoms with Gasteiger partial charge in [-0.3, -0.25) is 0 Å². The summed E-state index contributed by atoms with van der Waals surface area (Å²) in [6.45, 7) is 2.08. The summed E-state index contributed by atoms with van der Waals surface area (Å²) in [5.74, 6) is 0. The van der Waals surface area contributed by atoms with Crippen LogP contribution in [0.1, 0.15) is 11.1 Å². The molecule has 0 radical (unpaired) electrons. The second kappa shape index (κ2) is 3.62. The topological polar surface area (TPSA) is 17.1 Å². The minimum Gasteiger partial charge on any atom is -0.303 e. The third-order valence-electron chi connectivity index (χ3n) is 2.45. The van der Waals surface area contributed by atoms with Crippen LogP contribution in [0.25, 0.3) is 10.8 Å². The molecule has 2 rings (SSSR count). The highest BCUT2D eigenvalue weighted by molar-refractivity contribution is 5.86. The van der Waals surface area contributed by atoms with Gasteiger partial charge in [0.15, 0.2) is 0 Å². The quantitative estimate of drug-likeness (QED) is 0.656. The molecular formula is C13H12O. The number of benzene rings is 2. The summed E-state index contributed by atoms with van der Waals surface area (Å²) in [6.07, 6.45) is 1.45. The number of aldehydes is 1. The van der Waals surface area contributed by atoms with E-state index in [1.165, 1.54) is 16.3 Å². The number of rotatable bonds is 2. The maximum Gasteiger partial charge on any atom is 0.124 e. The Labute approximate surface area is 83.4 Å². The van der Waals surface area contributed by atoms with E-state index in [9.17, 15) is 4.79 Å². The van der Waals surface area contributed by atoms with Crippen LogP contribution in [0, 0.1) is 6.92 Å². The minimum atomic E-state index is 0.506. The van der Waals surface area contributed by atoms with Gasteiger partial charge in [-0.05, 0) is 28.8 Å². The van der Waals surface area contributed by atoms with Gasteiger partial charge in [-0.2, -0.15) is 0 Å². The molecule has 0 amide bonds. The van der Waals surface area contributed by atoms with Crippen molar-refractivity contribution in [2.75, 3.05) is 0 Å². The van der Waals surface area contributed by atoms with Crippen LogP contribution in [0.2, 0.25) is 0 Å². The fourth-order valence-electron chi connectivity index (χ4n) is 1.79. The third kappa shape index (κ3) is 1.53. The first-order valence-electron chi connectivity index (χ1n) is 4.73. The predicted molar refractivity (Wildman–Crippen MR) is 58.5 cm³/mol. The fraction of sp³-hybridized carbons (Fsp3) is 0.154. The molecule has 0 bridgehead atoms. The van der Waals surface area contributed by atoms with Crippen LogP contribution in [0.15, 0.2) is 36.4 Å². The molecule has 0 saturated carbocycles. The first-order valence-corrected chi connectivity index (χ1v) is 4.73. The summed E-state index contributed by atoms with van der Waals surface area (Å²) in [7, 11) is 0. The number of fused-ring (bicyclic) bond motifs is 1. The standard InChI is InChI=1S/C13H12O/c1-10-8-11(6-7-14)9-12-4-2-3-5-13(10)12/h2-5,7-9H,6H2,1H3. The average Bonchev–Trinajstić information content (AvgIpc) is 2.18. The molecule has 1 heteroatoms. The molecule has 0 spiro atoms. The van der Waals surface area contributed by atoms with Gasteiger partial charge in [0, 0.05) is 6.42 Å². The molecule has 2 aromatic carbocycles. The van der Waals surface area contributed by atoms with E-state index in [-0.39, 0.29) is 0 Å². The molecule has 1 nitrogen and oxygen atoms in total. The van der Waals surface area contributed by atoms with Gasteiger partial charge >= 0.3 is 0 Å². The Kier molecular flexibility index (Phi) is 2.32. The average molecular weight is 184 g/mol. The van der Waals surface area contributed by atoms with Crippen molar-refractivity contribution in [1.82, 2.24) is 0 Å². The molecule has 0 heterocycles. The summed E-state index contributed by atoms with van der Waals surface area (Å²) in [6, 6.07) is 12.4. The lowest BCUT2D eigenvalue weighted by Gasteiger charge is -2.04. The summed E-state index contributed by atoms with van der Waals surface area (Å²) >= 11 is 0. The van der Waals surface area contributed by atoms with Crippen molar-refractivity contribution in [3.63, 3.8) is 0 Å². The lowest BCUT2D eigenvalue weighted by Crippen LogP contribution is -1.88. The molecule has 0 atom stereocenters. The monoisotopic (exact) mass is 184 g/mol. The number of carbonyl (C=O) groups is 1. The van der Waals surface area contributed by atoms with Crippen LogP contribution in [-0.2, 0) is 11.2 Å². The van der Waals surface area contributed by atoms with Gasteiger partial charge in [-0.1, -0.05) is 36.4 Å². The van der Waals surface area contributed by atoms with Gasteiger partial charge in [-0.25, -0.2) is 0 Å². The normalized spacial score (nSPS) is 10.4. The second-order valence-electron chi connectivity index (χ2n) is 3.50. The van der Waals surface area contributed by atoms with Crippen LogP contribution in [0.3, 0.4) is 0 Å². The number of hydrogen-bond donors (Lipinski definition) is 0. The lowest BCUT2D eigenvalue weighted by atomic mass is 10.0. The van der Waals surface area contributed by atoms with Gasteiger partial charge in [0.05, 0.1) is 0 Å². The Bertz CT molecular complexity index is 472. The Morgan fingerprint density at radius 2 is 2.00 bits per heavy atom. The van der Waals surface area contributed by atoms with Gasteiger partial charge in [0.2, 0.25) is 0 Å². The van der Waals surface area contributed by atoms with Gasteiger partial charge < -0.3 is 4.79 Å². The minimum absolute atomic E-state index is 0.506. The second-order valence-corrected chi connectivity index (χ2v) is 3.50. The first kappa shape index (κ1) is 8.95.